The average molecular weight is 393 g/mol. The van der Waals surface area contributed by atoms with Gasteiger partial charge in [-0.3, -0.25) is 9.78 Å². The fourth-order valence-electron chi connectivity index (χ4n) is 3.38. The van der Waals surface area contributed by atoms with Crippen molar-refractivity contribution in [2.24, 2.45) is 5.73 Å². The molecule has 6 nitrogen and oxygen atoms in total. The summed E-state index contributed by atoms with van der Waals surface area (Å²) in [5.74, 6) is -0.146. The summed E-state index contributed by atoms with van der Waals surface area (Å²) in [6.45, 7) is -1.57. The van der Waals surface area contributed by atoms with E-state index in [9.17, 15) is 13.6 Å². The van der Waals surface area contributed by atoms with Gasteiger partial charge in [0, 0.05) is 30.3 Å². The molecular formula is C20H25F2N3O3. The van der Waals surface area contributed by atoms with Crippen LogP contribution in [0.15, 0.2) is 30.5 Å². The molecule has 1 aliphatic rings. The number of alkyl halides is 2. The van der Waals surface area contributed by atoms with E-state index in [-0.39, 0.29) is 23.8 Å². The number of hydrogen-bond donors (Lipinski definition) is 2. The molecule has 1 aromatic carbocycles. The van der Waals surface area contributed by atoms with Crippen molar-refractivity contribution in [1.82, 2.24) is 10.3 Å². The normalized spacial score (nSPS) is 19.7. The van der Waals surface area contributed by atoms with Crippen LogP contribution in [0.1, 0.15) is 42.5 Å². The Hall–Kier alpha value is -2.32. The number of aromatic nitrogens is 1. The Morgan fingerprint density at radius 2 is 2.04 bits per heavy atom. The molecule has 0 atom stereocenters. The summed E-state index contributed by atoms with van der Waals surface area (Å²) in [5, 5.41) is 3.73. The number of nitrogens with zero attached hydrogens (tertiary/aromatic N) is 1. The summed E-state index contributed by atoms with van der Waals surface area (Å²) in [4.78, 5) is 16.7. The number of carbonyl (C=O) groups excluding carboxylic acids is 1. The zero-order valence-corrected chi connectivity index (χ0v) is 15.6. The molecule has 0 bridgehead atoms. The van der Waals surface area contributed by atoms with E-state index in [4.69, 9.17) is 10.5 Å². The van der Waals surface area contributed by atoms with Crippen LogP contribution in [0.2, 0.25) is 0 Å². The van der Waals surface area contributed by atoms with Crippen LogP contribution in [0, 0.1) is 0 Å². The maximum Gasteiger partial charge on any atom is 0.387 e. The van der Waals surface area contributed by atoms with Gasteiger partial charge in [0.25, 0.3) is 5.91 Å². The van der Waals surface area contributed by atoms with Crippen LogP contribution in [0.5, 0.6) is 5.75 Å². The second-order valence-electron chi connectivity index (χ2n) is 6.92. The minimum absolute atomic E-state index is 0.0395. The van der Waals surface area contributed by atoms with Crippen LogP contribution < -0.4 is 15.8 Å². The first kappa shape index (κ1) is 20.4. The molecule has 1 heterocycles. The smallest absolute Gasteiger partial charge is 0.387 e. The number of nitrogens with two attached hydrogens (primary N) is 1. The lowest BCUT2D eigenvalue weighted by molar-refractivity contribution is -0.0497. The lowest BCUT2D eigenvalue weighted by Crippen LogP contribution is -2.39. The molecular weight excluding hydrogens is 368 g/mol. The number of hydrogen-bond acceptors (Lipinski definition) is 5. The van der Waals surface area contributed by atoms with E-state index in [1.165, 1.54) is 18.3 Å². The number of carbonyl (C=O) groups is 1. The minimum atomic E-state index is -2.89. The molecule has 1 saturated carbocycles. The molecule has 0 saturated heterocycles. The number of nitrogens with one attached hydrogen (secondary N) is 1. The van der Waals surface area contributed by atoms with Crippen LogP contribution >= 0.6 is 0 Å². The molecule has 8 heteroatoms. The first-order chi connectivity index (χ1) is 13.5. The highest BCUT2D eigenvalue weighted by Crippen LogP contribution is 2.23. The number of pyridine rings is 1. The lowest BCUT2D eigenvalue weighted by Gasteiger charge is -2.29. The maximum atomic E-state index is 12.5. The SMILES string of the molecule is NCCCOC1CCC(NC(=O)c2cnc3cc(OC(F)F)ccc3c2)CC1. The van der Waals surface area contributed by atoms with Gasteiger partial charge in [-0.05, 0) is 56.8 Å². The highest BCUT2D eigenvalue weighted by molar-refractivity contribution is 5.97. The van der Waals surface area contributed by atoms with Gasteiger partial charge in [0.15, 0.2) is 0 Å². The molecule has 28 heavy (non-hydrogen) atoms. The maximum absolute atomic E-state index is 12.5. The first-order valence-electron chi connectivity index (χ1n) is 9.52. The summed E-state index contributed by atoms with van der Waals surface area (Å²) in [5.41, 5.74) is 6.40. The molecule has 0 unspecified atom stereocenters. The Morgan fingerprint density at radius 1 is 1.25 bits per heavy atom. The third-order valence-corrected chi connectivity index (χ3v) is 4.85. The Balaban J connectivity index is 1.55. The molecule has 0 spiro atoms. The second kappa shape index (κ2) is 9.75. The number of amides is 1. The highest BCUT2D eigenvalue weighted by Gasteiger charge is 2.23. The molecule has 3 N–H and O–H groups in total. The first-order valence-corrected chi connectivity index (χ1v) is 9.52. The monoisotopic (exact) mass is 393 g/mol. The largest absolute Gasteiger partial charge is 0.435 e. The van der Waals surface area contributed by atoms with Gasteiger partial charge in [-0.15, -0.1) is 0 Å². The molecule has 3 rings (SSSR count). The van der Waals surface area contributed by atoms with Crippen LogP contribution in [-0.2, 0) is 4.74 Å². The summed E-state index contributed by atoms with van der Waals surface area (Å²) < 4.78 is 34.8. The number of rotatable bonds is 8. The molecule has 0 aliphatic heterocycles. The topological polar surface area (TPSA) is 86.5 Å². The van der Waals surface area contributed by atoms with Crippen molar-refractivity contribution in [2.45, 2.75) is 50.9 Å². The van der Waals surface area contributed by atoms with Crippen molar-refractivity contribution >= 4 is 16.8 Å². The van der Waals surface area contributed by atoms with Gasteiger partial charge in [-0.2, -0.15) is 8.78 Å². The summed E-state index contributed by atoms with van der Waals surface area (Å²) in [7, 11) is 0. The molecule has 0 radical (unpaired) electrons. The van der Waals surface area contributed by atoms with Gasteiger partial charge in [0.05, 0.1) is 17.2 Å². The molecule has 152 valence electrons. The lowest BCUT2D eigenvalue weighted by atomic mass is 9.92. The second-order valence-corrected chi connectivity index (χ2v) is 6.92. The number of ether oxygens (including phenoxy) is 2. The van der Waals surface area contributed by atoms with E-state index < -0.39 is 6.61 Å². The quantitative estimate of drug-likeness (QED) is 0.673. The van der Waals surface area contributed by atoms with Crippen LogP contribution in [0.4, 0.5) is 8.78 Å². The zero-order chi connectivity index (χ0) is 19.9. The van der Waals surface area contributed by atoms with Crippen molar-refractivity contribution in [3.8, 4) is 5.75 Å². The Morgan fingerprint density at radius 3 is 2.75 bits per heavy atom. The number of fused-ring (bicyclic) bond motifs is 1. The number of halogens is 2. The molecule has 1 amide bonds. The van der Waals surface area contributed by atoms with Gasteiger partial charge in [0.2, 0.25) is 0 Å². The minimum Gasteiger partial charge on any atom is -0.435 e. The van der Waals surface area contributed by atoms with E-state index in [1.54, 1.807) is 12.1 Å². The Bertz CT molecular complexity index is 795. The third kappa shape index (κ3) is 5.59. The fourth-order valence-corrected chi connectivity index (χ4v) is 3.38. The van der Waals surface area contributed by atoms with Crippen LogP contribution in [0.3, 0.4) is 0 Å². The Labute approximate surface area is 162 Å². The highest BCUT2D eigenvalue weighted by atomic mass is 19.3. The van der Waals surface area contributed by atoms with Crippen molar-refractivity contribution < 1.29 is 23.0 Å². The zero-order valence-electron chi connectivity index (χ0n) is 15.6. The van der Waals surface area contributed by atoms with Crippen molar-refractivity contribution in [3.05, 3.63) is 36.0 Å². The summed E-state index contributed by atoms with van der Waals surface area (Å²) in [6.07, 6.45) is 6.12. The fraction of sp³-hybridized carbons (Fsp3) is 0.500. The van der Waals surface area contributed by atoms with E-state index in [0.29, 0.717) is 29.6 Å². The predicted molar refractivity (Wildman–Crippen MR) is 102 cm³/mol. The average Bonchev–Trinajstić information content (AvgIpc) is 2.68. The third-order valence-electron chi connectivity index (χ3n) is 4.85. The van der Waals surface area contributed by atoms with Crippen molar-refractivity contribution in [2.75, 3.05) is 13.2 Å². The summed E-state index contributed by atoms with van der Waals surface area (Å²) in [6, 6.07) is 6.28. The molecule has 1 aromatic heterocycles. The van der Waals surface area contributed by atoms with Crippen LogP contribution in [-0.4, -0.2) is 42.8 Å². The number of benzene rings is 1. The van der Waals surface area contributed by atoms with Gasteiger partial charge in [0.1, 0.15) is 5.75 Å². The standard InChI is InChI=1S/C20H25F2N3O3/c21-20(22)28-17-5-2-13-10-14(12-24-18(13)11-17)19(26)25-15-3-6-16(7-4-15)27-9-1-8-23/h2,5,10-12,15-16,20H,1,3-4,6-9,23H2,(H,25,26). The molecule has 1 fully saturated rings. The van der Waals surface area contributed by atoms with Crippen molar-refractivity contribution in [3.63, 3.8) is 0 Å². The molecule has 1 aliphatic carbocycles. The Kier molecular flexibility index (Phi) is 7.11. The predicted octanol–water partition coefficient (Wildman–Crippen LogP) is 3.24. The van der Waals surface area contributed by atoms with Crippen LogP contribution in [0.25, 0.3) is 10.9 Å². The van der Waals surface area contributed by atoms with E-state index in [2.05, 4.69) is 15.0 Å². The molecule has 2 aromatic rings. The summed E-state index contributed by atoms with van der Waals surface area (Å²) >= 11 is 0. The van der Waals surface area contributed by atoms with E-state index in [1.807, 2.05) is 0 Å². The van der Waals surface area contributed by atoms with Gasteiger partial charge >= 0.3 is 6.61 Å². The van der Waals surface area contributed by atoms with E-state index in [0.717, 1.165) is 32.1 Å². The van der Waals surface area contributed by atoms with Crippen molar-refractivity contribution in [1.29, 1.82) is 0 Å². The van der Waals surface area contributed by atoms with E-state index >= 15 is 0 Å². The van der Waals surface area contributed by atoms with Gasteiger partial charge < -0.3 is 20.5 Å². The van der Waals surface area contributed by atoms with Gasteiger partial charge in [-0.1, -0.05) is 0 Å². The van der Waals surface area contributed by atoms with Gasteiger partial charge in [-0.25, -0.2) is 0 Å².